The third kappa shape index (κ3) is 2.42. The number of aromatic amines is 1. The number of ether oxygens (including phenoxy) is 1. The lowest BCUT2D eigenvalue weighted by molar-refractivity contribution is 0.0600. The minimum Gasteiger partial charge on any atom is -0.465 e. The van der Waals surface area contributed by atoms with Gasteiger partial charge in [-0.2, -0.15) is 5.26 Å². The van der Waals surface area contributed by atoms with Crippen LogP contribution in [0.5, 0.6) is 0 Å². The molecule has 0 aliphatic heterocycles. The van der Waals surface area contributed by atoms with Crippen LogP contribution < -0.4 is 5.56 Å². The maximum atomic E-state index is 12.9. The third-order valence-electron chi connectivity index (χ3n) is 2.71. The van der Waals surface area contributed by atoms with Crippen LogP contribution in [0.4, 0.5) is 4.39 Å². The fraction of sp³-hybridized carbons (Fsp3) is 0.0714. The Hall–Kier alpha value is -2.94. The number of nitrogens with zero attached hydrogens (tertiary/aromatic N) is 1. The van der Waals surface area contributed by atoms with Crippen LogP contribution in [0.3, 0.4) is 0 Å². The first kappa shape index (κ1) is 13.5. The Bertz CT molecular complexity index is 757. The number of rotatable bonds is 2. The average molecular weight is 272 g/mol. The van der Waals surface area contributed by atoms with Gasteiger partial charge in [-0.25, -0.2) is 9.18 Å². The minimum atomic E-state index is -0.781. The smallest absolute Gasteiger partial charge is 0.339 e. The van der Waals surface area contributed by atoms with Crippen molar-refractivity contribution < 1.29 is 13.9 Å². The Balaban J connectivity index is 2.65. The fourth-order valence-corrected chi connectivity index (χ4v) is 1.73. The van der Waals surface area contributed by atoms with E-state index in [2.05, 4.69) is 9.72 Å². The van der Waals surface area contributed by atoms with E-state index in [9.17, 15) is 14.0 Å². The highest BCUT2D eigenvalue weighted by Crippen LogP contribution is 2.19. The number of nitrogens with one attached hydrogen (secondary N) is 1. The SMILES string of the molecule is COC(=O)c1cc(-c2ccc(F)cc2)[nH]c(=O)c1C#N. The number of methoxy groups -OCH3 is 1. The Kier molecular flexibility index (Phi) is 3.62. The molecule has 0 saturated carbocycles. The second kappa shape index (κ2) is 5.36. The molecule has 2 aromatic rings. The molecule has 0 fully saturated rings. The molecule has 100 valence electrons. The Morgan fingerprint density at radius 1 is 1.35 bits per heavy atom. The van der Waals surface area contributed by atoms with Gasteiger partial charge in [0.1, 0.15) is 17.4 Å². The second-order valence-corrected chi connectivity index (χ2v) is 3.91. The summed E-state index contributed by atoms with van der Waals surface area (Å²) < 4.78 is 17.4. The molecule has 0 radical (unpaired) electrons. The van der Waals surface area contributed by atoms with Crippen molar-refractivity contribution in [3.63, 3.8) is 0 Å². The van der Waals surface area contributed by atoms with E-state index >= 15 is 0 Å². The van der Waals surface area contributed by atoms with Crippen LogP contribution in [-0.4, -0.2) is 18.1 Å². The summed E-state index contributed by atoms with van der Waals surface area (Å²) >= 11 is 0. The lowest BCUT2D eigenvalue weighted by Crippen LogP contribution is -2.17. The van der Waals surface area contributed by atoms with E-state index in [0.29, 0.717) is 11.3 Å². The monoisotopic (exact) mass is 272 g/mol. The molecule has 0 amide bonds. The van der Waals surface area contributed by atoms with Gasteiger partial charge in [0.2, 0.25) is 0 Å². The molecular formula is C14H9FN2O3. The molecule has 0 saturated heterocycles. The van der Waals surface area contributed by atoms with Gasteiger partial charge in [-0.3, -0.25) is 4.79 Å². The van der Waals surface area contributed by atoms with E-state index in [-0.39, 0.29) is 11.1 Å². The molecule has 2 rings (SSSR count). The number of hydrogen-bond acceptors (Lipinski definition) is 4. The van der Waals surface area contributed by atoms with Crippen molar-refractivity contribution >= 4 is 5.97 Å². The molecule has 1 heterocycles. The van der Waals surface area contributed by atoms with Gasteiger partial charge >= 0.3 is 5.97 Å². The van der Waals surface area contributed by atoms with Gasteiger partial charge in [-0.05, 0) is 35.9 Å². The first-order valence-corrected chi connectivity index (χ1v) is 5.58. The standard InChI is InChI=1S/C14H9FN2O3/c1-20-14(19)10-6-12(17-13(18)11(10)7-16)8-2-4-9(15)5-3-8/h2-6H,1H3,(H,17,18). The van der Waals surface area contributed by atoms with Crippen molar-refractivity contribution in [3.05, 3.63) is 57.6 Å². The number of H-pyrrole nitrogens is 1. The summed E-state index contributed by atoms with van der Waals surface area (Å²) in [7, 11) is 1.16. The van der Waals surface area contributed by atoms with E-state index in [1.807, 2.05) is 0 Å². The summed E-state index contributed by atoms with van der Waals surface area (Å²) in [5, 5.41) is 8.91. The quantitative estimate of drug-likeness (QED) is 0.845. The molecule has 0 spiro atoms. The summed E-state index contributed by atoms with van der Waals surface area (Å²) in [5.41, 5.74) is -0.331. The lowest BCUT2D eigenvalue weighted by atomic mass is 10.1. The third-order valence-corrected chi connectivity index (χ3v) is 2.71. The number of aromatic nitrogens is 1. The predicted molar refractivity (Wildman–Crippen MR) is 68.5 cm³/mol. The molecule has 0 bridgehead atoms. The van der Waals surface area contributed by atoms with Crippen molar-refractivity contribution in [1.29, 1.82) is 5.26 Å². The molecule has 0 aliphatic rings. The normalized spacial score (nSPS) is 9.85. The zero-order valence-electron chi connectivity index (χ0n) is 10.4. The Morgan fingerprint density at radius 2 is 2.00 bits per heavy atom. The molecule has 5 nitrogen and oxygen atoms in total. The highest BCUT2D eigenvalue weighted by molar-refractivity contribution is 5.93. The van der Waals surface area contributed by atoms with Gasteiger partial charge in [-0.15, -0.1) is 0 Å². The zero-order valence-corrected chi connectivity index (χ0v) is 10.4. The largest absolute Gasteiger partial charge is 0.465 e. The number of carbonyl (C=O) groups is 1. The van der Waals surface area contributed by atoms with Crippen molar-refractivity contribution in [2.45, 2.75) is 0 Å². The first-order valence-electron chi connectivity index (χ1n) is 5.58. The van der Waals surface area contributed by atoms with Gasteiger partial charge in [-0.1, -0.05) is 0 Å². The highest BCUT2D eigenvalue weighted by atomic mass is 19.1. The summed E-state index contributed by atoms with van der Waals surface area (Å²) in [4.78, 5) is 25.9. The van der Waals surface area contributed by atoms with Gasteiger partial charge in [0.05, 0.1) is 12.7 Å². The van der Waals surface area contributed by atoms with Crippen LogP contribution in [0.2, 0.25) is 0 Å². The Labute approximate surface area is 113 Å². The highest BCUT2D eigenvalue weighted by Gasteiger charge is 2.17. The van der Waals surface area contributed by atoms with Crippen LogP contribution in [0.1, 0.15) is 15.9 Å². The molecule has 6 heteroatoms. The van der Waals surface area contributed by atoms with E-state index in [4.69, 9.17) is 5.26 Å². The fourth-order valence-electron chi connectivity index (χ4n) is 1.73. The number of esters is 1. The predicted octanol–water partition coefficient (Wildman–Crippen LogP) is 1.84. The van der Waals surface area contributed by atoms with Crippen molar-refractivity contribution in [3.8, 4) is 17.3 Å². The molecule has 20 heavy (non-hydrogen) atoms. The van der Waals surface area contributed by atoms with Gasteiger partial charge in [0.15, 0.2) is 0 Å². The zero-order chi connectivity index (χ0) is 14.7. The van der Waals surface area contributed by atoms with Crippen LogP contribution in [0.15, 0.2) is 35.1 Å². The average Bonchev–Trinajstić information content (AvgIpc) is 2.46. The van der Waals surface area contributed by atoms with Crippen LogP contribution in [0.25, 0.3) is 11.3 Å². The molecule has 1 aromatic carbocycles. The van der Waals surface area contributed by atoms with E-state index in [1.54, 1.807) is 6.07 Å². The molecule has 1 aromatic heterocycles. The number of pyridine rings is 1. The maximum absolute atomic E-state index is 12.9. The number of halogens is 1. The van der Waals surface area contributed by atoms with Crippen LogP contribution >= 0.6 is 0 Å². The molecule has 0 aliphatic carbocycles. The molecule has 0 unspecified atom stereocenters. The number of nitriles is 1. The van der Waals surface area contributed by atoms with E-state index < -0.39 is 17.3 Å². The number of benzene rings is 1. The Morgan fingerprint density at radius 3 is 2.55 bits per heavy atom. The summed E-state index contributed by atoms with van der Waals surface area (Å²) in [6.45, 7) is 0. The number of carbonyl (C=O) groups excluding carboxylic acids is 1. The summed E-state index contributed by atoms with van der Waals surface area (Å²) in [6, 6.07) is 8.35. The lowest BCUT2D eigenvalue weighted by Gasteiger charge is -2.06. The number of hydrogen-bond donors (Lipinski definition) is 1. The second-order valence-electron chi connectivity index (χ2n) is 3.91. The van der Waals surface area contributed by atoms with E-state index in [1.165, 1.54) is 30.3 Å². The molecule has 1 N–H and O–H groups in total. The summed E-state index contributed by atoms with van der Waals surface area (Å²) in [5.74, 6) is -1.20. The summed E-state index contributed by atoms with van der Waals surface area (Å²) in [6.07, 6.45) is 0. The van der Waals surface area contributed by atoms with Crippen molar-refractivity contribution in [2.24, 2.45) is 0 Å². The van der Waals surface area contributed by atoms with E-state index in [0.717, 1.165) is 7.11 Å². The van der Waals surface area contributed by atoms with Gasteiger partial charge < -0.3 is 9.72 Å². The van der Waals surface area contributed by atoms with Gasteiger partial charge in [0.25, 0.3) is 5.56 Å². The molecule has 0 atom stereocenters. The maximum Gasteiger partial charge on any atom is 0.339 e. The van der Waals surface area contributed by atoms with Crippen molar-refractivity contribution in [2.75, 3.05) is 7.11 Å². The molecular weight excluding hydrogens is 263 g/mol. The first-order chi connectivity index (χ1) is 9.56. The van der Waals surface area contributed by atoms with Crippen LogP contribution in [-0.2, 0) is 4.74 Å². The van der Waals surface area contributed by atoms with Crippen molar-refractivity contribution in [1.82, 2.24) is 4.98 Å². The van der Waals surface area contributed by atoms with Gasteiger partial charge in [0, 0.05) is 5.69 Å². The topological polar surface area (TPSA) is 83.0 Å². The minimum absolute atomic E-state index is 0.127. The van der Waals surface area contributed by atoms with Crippen LogP contribution in [0, 0.1) is 17.1 Å².